The van der Waals surface area contributed by atoms with Crippen LogP contribution in [0.3, 0.4) is 0 Å². The van der Waals surface area contributed by atoms with E-state index in [-0.39, 0.29) is 30.2 Å². The molecular formula is C15H20N2O4. The lowest BCUT2D eigenvalue weighted by Crippen LogP contribution is -2.49. The normalized spacial score (nSPS) is 40.1. The van der Waals surface area contributed by atoms with Gasteiger partial charge in [-0.3, -0.25) is 24.2 Å². The van der Waals surface area contributed by atoms with Gasteiger partial charge >= 0.3 is 5.97 Å². The van der Waals surface area contributed by atoms with Gasteiger partial charge in [-0.1, -0.05) is 6.42 Å². The van der Waals surface area contributed by atoms with E-state index in [9.17, 15) is 19.5 Å². The van der Waals surface area contributed by atoms with Crippen LogP contribution in [0.5, 0.6) is 0 Å². The fourth-order valence-corrected chi connectivity index (χ4v) is 4.59. The van der Waals surface area contributed by atoms with Crippen LogP contribution in [0.2, 0.25) is 0 Å². The Kier molecular flexibility index (Phi) is 2.86. The van der Waals surface area contributed by atoms with Crippen LogP contribution in [-0.4, -0.2) is 57.4 Å². The van der Waals surface area contributed by atoms with Gasteiger partial charge in [0.25, 0.3) is 0 Å². The second-order valence-electron chi connectivity index (χ2n) is 6.89. The molecule has 6 nitrogen and oxygen atoms in total. The van der Waals surface area contributed by atoms with E-state index in [1.807, 2.05) is 4.90 Å². The van der Waals surface area contributed by atoms with Crippen LogP contribution < -0.4 is 0 Å². The molecule has 4 aliphatic rings. The molecule has 0 aromatic heterocycles. The number of rotatable bonds is 3. The summed E-state index contributed by atoms with van der Waals surface area (Å²) in [6, 6.07) is -1.04. The van der Waals surface area contributed by atoms with E-state index in [0.29, 0.717) is 12.5 Å². The quantitative estimate of drug-likeness (QED) is 0.765. The molecule has 6 heteroatoms. The van der Waals surface area contributed by atoms with Crippen molar-refractivity contribution in [1.82, 2.24) is 9.80 Å². The smallest absolute Gasteiger partial charge is 0.321 e. The fraction of sp³-hybridized carbons (Fsp3) is 0.800. The first-order valence-corrected chi connectivity index (χ1v) is 7.92. The molecule has 4 rings (SSSR count). The highest BCUT2D eigenvalue weighted by Crippen LogP contribution is 2.44. The van der Waals surface area contributed by atoms with Crippen LogP contribution in [0, 0.1) is 11.8 Å². The lowest BCUT2D eigenvalue weighted by molar-refractivity contribution is -0.146. The predicted octanol–water partition coefficient (Wildman–Crippen LogP) is 0.461. The number of nitrogens with zero attached hydrogens (tertiary/aromatic N) is 2. The summed E-state index contributed by atoms with van der Waals surface area (Å²) < 4.78 is 0. The summed E-state index contributed by atoms with van der Waals surface area (Å²) in [4.78, 5) is 39.5. The molecule has 2 saturated carbocycles. The van der Waals surface area contributed by atoms with Crippen LogP contribution in [-0.2, 0) is 14.4 Å². The number of likely N-dealkylation sites (tertiary alicyclic amines) is 2. The maximum Gasteiger partial charge on any atom is 0.321 e. The van der Waals surface area contributed by atoms with Crippen LogP contribution in [0.25, 0.3) is 0 Å². The van der Waals surface area contributed by atoms with Gasteiger partial charge in [0.1, 0.15) is 6.04 Å². The minimum atomic E-state index is -0.838. The molecule has 0 spiro atoms. The first-order chi connectivity index (χ1) is 10.1. The molecular weight excluding hydrogens is 272 g/mol. The van der Waals surface area contributed by atoms with Gasteiger partial charge in [-0.15, -0.1) is 0 Å². The number of fused-ring (bicyclic) bond motifs is 1. The topological polar surface area (TPSA) is 77.9 Å². The Hall–Kier alpha value is -1.43. The third-order valence-corrected chi connectivity index (χ3v) is 5.65. The monoisotopic (exact) mass is 292 g/mol. The van der Waals surface area contributed by atoms with Crippen molar-refractivity contribution < 1.29 is 19.5 Å². The molecule has 0 radical (unpaired) electrons. The Morgan fingerprint density at radius 2 is 1.90 bits per heavy atom. The average Bonchev–Trinajstić information content (AvgIpc) is 2.91. The van der Waals surface area contributed by atoms with Crippen molar-refractivity contribution in [3.8, 4) is 0 Å². The molecule has 0 aromatic rings. The second-order valence-corrected chi connectivity index (χ2v) is 6.89. The van der Waals surface area contributed by atoms with Crippen molar-refractivity contribution >= 4 is 17.8 Å². The van der Waals surface area contributed by atoms with Crippen molar-refractivity contribution in [2.45, 2.75) is 56.7 Å². The highest BCUT2D eigenvalue weighted by Gasteiger charge is 2.55. The molecule has 4 fully saturated rings. The molecule has 2 amide bonds. The first-order valence-electron chi connectivity index (χ1n) is 7.92. The standard InChI is InChI=1S/C15H20N2O4/c18-12-6-11(14(19)17(12)9-4-5-9)16-7-8-2-1-3-10(8)13(16)15(20)21/h8-11,13H,1-7H2,(H,20,21). The summed E-state index contributed by atoms with van der Waals surface area (Å²) in [6.07, 6.45) is 5.03. The van der Waals surface area contributed by atoms with E-state index < -0.39 is 18.1 Å². The lowest BCUT2D eigenvalue weighted by atomic mass is 9.94. The van der Waals surface area contributed by atoms with Crippen LogP contribution in [0.15, 0.2) is 0 Å². The molecule has 4 unspecified atom stereocenters. The number of carbonyl (C=O) groups is 3. The zero-order valence-corrected chi connectivity index (χ0v) is 11.9. The molecule has 1 N–H and O–H groups in total. The minimum absolute atomic E-state index is 0.0837. The van der Waals surface area contributed by atoms with Gasteiger partial charge in [-0.05, 0) is 37.5 Å². The summed E-state index contributed by atoms with van der Waals surface area (Å²) in [5.74, 6) is -0.582. The zero-order valence-electron chi connectivity index (χ0n) is 11.9. The van der Waals surface area contributed by atoms with Gasteiger partial charge in [-0.25, -0.2) is 0 Å². The van der Waals surface area contributed by atoms with E-state index >= 15 is 0 Å². The van der Waals surface area contributed by atoms with Gasteiger partial charge in [0.2, 0.25) is 11.8 Å². The number of imide groups is 1. The number of carbonyl (C=O) groups excluding carboxylic acids is 2. The van der Waals surface area contributed by atoms with Crippen molar-refractivity contribution in [3.63, 3.8) is 0 Å². The van der Waals surface area contributed by atoms with Gasteiger partial charge in [0, 0.05) is 12.6 Å². The number of aliphatic carboxylic acids is 1. The molecule has 2 aliphatic carbocycles. The highest BCUT2D eigenvalue weighted by atomic mass is 16.4. The fourth-order valence-electron chi connectivity index (χ4n) is 4.59. The Bertz CT molecular complexity index is 516. The van der Waals surface area contributed by atoms with E-state index in [4.69, 9.17) is 0 Å². The second kappa shape index (κ2) is 4.53. The van der Waals surface area contributed by atoms with Gasteiger partial charge in [0.15, 0.2) is 0 Å². The summed E-state index contributed by atoms with van der Waals surface area (Å²) in [6.45, 7) is 0.657. The van der Waals surface area contributed by atoms with E-state index in [0.717, 1.165) is 32.1 Å². The number of amides is 2. The zero-order chi connectivity index (χ0) is 14.7. The Morgan fingerprint density at radius 1 is 1.14 bits per heavy atom. The van der Waals surface area contributed by atoms with Crippen LogP contribution in [0.1, 0.15) is 38.5 Å². The predicted molar refractivity (Wildman–Crippen MR) is 72.2 cm³/mol. The summed E-state index contributed by atoms with van der Waals surface area (Å²) in [5, 5.41) is 9.58. The van der Waals surface area contributed by atoms with Crippen molar-refractivity contribution in [1.29, 1.82) is 0 Å². The highest BCUT2D eigenvalue weighted by molar-refractivity contribution is 6.06. The number of hydrogen-bond acceptors (Lipinski definition) is 4. The number of carboxylic acid groups (broad SMARTS) is 1. The Labute approximate surface area is 123 Å². The molecule has 2 saturated heterocycles. The maximum absolute atomic E-state index is 12.5. The largest absolute Gasteiger partial charge is 0.480 e. The third-order valence-electron chi connectivity index (χ3n) is 5.65. The minimum Gasteiger partial charge on any atom is -0.480 e. The van der Waals surface area contributed by atoms with Crippen LogP contribution >= 0.6 is 0 Å². The van der Waals surface area contributed by atoms with Gasteiger partial charge < -0.3 is 5.11 Å². The van der Waals surface area contributed by atoms with E-state index in [1.54, 1.807) is 0 Å². The van der Waals surface area contributed by atoms with Gasteiger partial charge in [0.05, 0.1) is 12.5 Å². The summed E-state index contributed by atoms with van der Waals surface area (Å²) >= 11 is 0. The van der Waals surface area contributed by atoms with Crippen molar-refractivity contribution in [2.75, 3.05) is 6.54 Å². The molecule has 114 valence electrons. The molecule has 2 heterocycles. The first kappa shape index (κ1) is 13.2. The third kappa shape index (κ3) is 1.92. The lowest BCUT2D eigenvalue weighted by Gasteiger charge is -2.28. The van der Waals surface area contributed by atoms with Crippen LogP contribution in [0.4, 0.5) is 0 Å². The van der Waals surface area contributed by atoms with E-state index in [1.165, 1.54) is 4.90 Å². The maximum atomic E-state index is 12.5. The molecule has 2 aliphatic heterocycles. The Morgan fingerprint density at radius 3 is 2.57 bits per heavy atom. The van der Waals surface area contributed by atoms with Crippen molar-refractivity contribution in [3.05, 3.63) is 0 Å². The Balaban J connectivity index is 1.59. The average molecular weight is 292 g/mol. The molecule has 21 heavy (non-hydrogen) atoms. The van der Waals surface area contributed by atoms with E-state index in [2.05, 4.69) is 0 Å². The number of hydrogen-bond donors (Lipinski definition) is 1. The van der Waals surface area contributed by atoms with Gasteiger partial charge in [-0.2, -0.15) is 0 Å². The SMILES string of the molecule is O=C(O)C1C2CCCC2CN1C1CC(=O)N(C2CC2)C1=O. The van der Waals surface area contributed by atoms with Crippen molar-refractivity contribution in [2.24, 2.45) is 11.8 Å². The molecule has 4 atom stereocenters. The number of carboxylic acids is 1. The molecule has 0 bridgehead atoms. The summed E-state index contributed by atoms with van der Waals surface area (Å²) in [7, 11) is 0. The molecule has 0 aromatic carbocycles. The summed E-state index contributed by atoms with van der Waals surface area (Å²) in [5.41, 5.74) is 0.